The fourth-order valence-electron chi connectivity index (χ4n) is 5.29. The molecule has 0 spiro atoms. The Labute approximate surface area is 204 Å². The van der Waals surface area contributed by atoms with Gasteiger partial charge in [0.2, 0.25) is 23.9 Å². The van der Waals surface area contributed by atoms with Crippen molar-refractivity contribution >= 4 is 11.6 Å². The fraction of sp³-hybridized carbons (Fsp3) is 0.333. The zero-order valence-electron chi connectivity index (χ0n) is 19.0. The first-order valence-electron chi connectivity index (χ1n) is 10.7. The molecule has 0 aliphatic carbocycles. The number of methoxy groups -OCH3 is 1. The second-order valence-corrected chi connectivity index (χ2v) is 8.52. The van der Waals surface area contributed by atoms with E-state index in [1.165, 1.54) is 13.2 Å². The van der Waals surface area contributed by atoms with Gasteiger partial charge in [0.1, 0.15) is 11.9 Å². The number of rotatable bonds is 4. The van der Waals surface area contributed by atoms with Crippen molar-refractivity contribution in [1.29, 1.82) is 21.2 Å². The van der Waals surface area contributed by atoms with E-state index in [2.05, 4.69) is 0 Å². The van der Waals surface area contributed by atoms with Crippen LogP contribution in [0.1, 0.15) is 24.2 Å². The molecular formula is C24H17N5O7. The summed E-state index contributed by atoms with van der Waals surface area (Å²) in [5.74, 6) is -2.70. The Balaban J connectivity index is 1.82. The number of ether oxygens (including phenoxy) is 5. The van der Waals surface area contributed by atoms with Gasteiger partial charge in [0.05, 0.1) is 47.8 Å². The minimum absolute atomic E-state index is 0.112. The van der Waals surface area contributed by atoms with Gasteiger partial charge in [0.15, 0.2) is 16.9 Å². The Morgan fingerprint density at radius 1 is 1.11 bits per heavy atom. The van der Waals surface area contributed by atoms with Crippen molar-refractivity contribution in [2.24, 2.45) is 16.7 Å². The van der Waals surface area contributed by atoms with Crippen LogP contribution in [0.2, 0.25) is 0 Å². The highest BCUT2D eigenvalue weighted by molar-refractivity contribution is 5.89. The van der Waals surface area contributed by atoms with Crippen molar-refractivity contribution < 1.29 is 28.6 Å². The standard InChI is InChI=1S/C24H17N5O7/c1-13-23(11-27)21(28)36-24(13,14-3-5-15(32-2)6-4-14)35-20(22(23,9-25)10-26)16-7-18-19(34-12-33-18)8-17(16)29(30)31/h3-8,13,20,28H,12H2,1-2H3. The molecule has 12 heteroatoms. The average Bonchev–Trinajstić information content (AvgIpc) is 3.41. The number of nitrogens with one attached hydrogen (secondary N) is 1. The summed E-state index contributed by atoms with van der Waals surface area (Å²) in [6, 6.07) is 14.6. The molecule has 36 heavy (non-hydrogen) atoms. The number of nitro benzene ring substituents is 1. The molecule has 0 amide bonds. The highest BCUT2D eigenvalue weighted by atomic mass is 16.7. The number of benzene rings is 2. The van der Waals surface area contributed by atoms with Crippen molar-refractivity contribution in [2.75, 3.05) is 13.9 Å². The Morgan fingerprint density at radius 2 is 1.75 bits per heavy atom. The van der Waals surface area contributed by atoms with E-state index in [1.807, 2.05) is 18.2 Å². The number of hydrogen-bond donors (Lipinski definition) is 1. The van der Waals surface area contributed by atoms with Crippen molar-refractivity contribution in [1.82, 2.24) is 0 Å². The summed E-state index contributed by atoms with van der Waals surface area (Å²) >= 11 is 0. The molecule has 3 aliphatic rings. The highest BCUT2D eigenvalue weighted by Crippen LogP contribution is 2.69. The lowest BCUT2D eigenvalue weighted by Gasteiger charge is -2.48. The topological polar surface area (TPSA) is 185 Å². The molecule has 1 N–H and O–H groups in total. The Hall–Kier alpha value is -4.86. The third-order valence-corrected chi connectivity index (χ3v) is 7.16. The lowest BCUT2D eigenvalue weighted by Crippen LogP contribution is -2.57. The van der Waals surface area contributed by atoms with Crippen LogP contribution in [0.25, 0.3) is 0 Å². The fourth-order valence-corrected chi connectivity index (χ4v) is 5.29. The smallest absolute Gasteiger partial charge is 0.279 e. The summed E-state index contributed by atoms with van der Waals surface area (Å²) in [5.41, 5.74) is -4.82. The van der Waals surface area contributed by atoms with Gasteiger partial charge in [-0.25, -0.2) is 0 Å². The number of nitro groups is 1. The van der Waals surface area contributed by atoms with E-state index in [1.54, 1.807) is 31.2 Å². The van der Waals surface area contributed by atoms with Gasteiger partial charge in [-0.05, 0) is 30.3 Å². The zero-order chi connectivity index (χ0) is 25.9. The summed E-state index contributed by atoms with van der Waals surface area (Å²) in [5, 5.41) is 51.9. The van der Waals surface area contributed by atoms with E-state index in [-0.39, 0.29) is 23.9 Å². The molecule has 5 rings (SSSR count). The van der Waals surface area contributed by atoms with Gasteiger partial charge in [-0.3, -0.25) is 15.5 Å². The second-order valence-electron chi connectivity index (χ2n) is 8.52. The van der Waals surface area contributed by atoms with Gasteiger partial charge in [-0.1, -0.05) is 6.92 Å². The predicted molar refractivity (Wildman–Crippen MR) is 117 cm³/mol. The number of nitrogens with zero attached hydrogens (tertiary/aromatic N) is 4. The average molecular weight is 487 g/mol. The lowest BCUT2D eigenvalue weighted by molar-refractivity contribution is -0.387. The third-order valence-electron chi connectivity index (χ3n) is 7.16. The molecule has 2 aromatic rings. The van der Waals surface area contributed by atoms with Crippen LogP contribution >= 0.6 is 0 Å². The van der Waals surface area contributed by atoms with Crippen LogP contribution in [0.3, 0.4) is 0 Å². The SMILES string of the molecule is COc1ccc(C23OC(=N)C(C#N)(C2C)C(C#N)(C#N)C(c2cc4c(cc2[N+](=O)[O-])OCO4)O3)cc1. The van der Waals surface area contributed by atoms with Crippen molar-refractivity contribution in [3.63, 3.8) is 0 Å². The van der Waals surface area contributed by atoms with Gasteiger partial charge in [0.25, 0.3) is 5.69 Å². The molecule has 2 fully saturated rings. The van der Waals surface area contributed by atoms with Gasteiger partial charge in [-0.2, -0.15) is 15.8 Å². The molecule has 12 nitrogen and oxygen atoms in total. The number of fused-ring (bicyclic) bond motifs is 3. The first-order valence-corrected chi connectivity index (χ1v) is 10.7. The Bertz CT molecular complexity index is 1420. The van der Waals surface area contributed by atoms with Crippen molar-refractivity contribution in [3.05, 3.63) is 57.6 Å². The highest BCUT2D eigenvalue weighted by Gasteiger charge is 2.80. The van der Waals surface area contributed by atoms with E-state index in [0.717, 1.165) is 6.07 Å². The molecule has 0 aromatic heterocycles. The molecule has 180 valence electrons. The van der Waals surface area contributed by atoms with Crippen LogP contribution < -0.4 is 14.2 Å². The zero-order valence-corrected chi connectivity index (χ0v) is 19.0. The molecule has 4 unspecified atom stereocenters. The maximum Gasteiger partial charge on any atom is 0.279 e. The minimum Gasteiger partial charge on any atom is -0.497 e. The number of nitriles is 3. The van der Waals surface area contributed by atoms with Gasteiger partial charge in [-0.15, -0.1) is 0 Å². The largest absolute Gasteiger partial charge is 0.497 e. The Morgan fingerprint density at radius 3 is 2.31 bits per heavy atom. The van der Waals surface area contributed by atoms with E-state index >= 15 is 0 Å². The molecule has 2 bridgehead atoms. The summed E-state index contributed by atoms with van der Waals surface area (Å²) in [6.45, 7) is 1.37. The normalized spacial score (nSPS) is 28.8. The van der Waals surface area contributed by atoms with Gasteiger partial charge in [0, 0.05) is 5.56 Å². The minimum atomic E-state index is -2.39. The lowest BCUT2D eigenvalue weighted by atomic mass is 9.53. The van der Waals surface area contributed by atoms with E-state index < -0.39 is 45.1 Å². The first kappa shape index (κ1) is 22.9. The van der Waals surface area contributed by atoms with Crippen LogP contribution in [0, 0.1) is 66.3 Å². The maximum atomic E-state index is 12.1. The molecule has 2 saturated heterocycles. The molecule has 3 heterocycles. The van der Waals surface area contributed by atoms with Crippen LogP contribution in [-0.4, -0.2) is 24.7 Å². The molecular weight excluding hydrogens is 470 g/mol. The van der Waals surface area contributed by atoms with Crippen molar-refractivity contribution in [2.45, 2.75) is 18.8 Å². The van der Waals surface area contributed by atoms with E-state index in [4.69, 9.17) is 29.1 Å². The molecule has 3 aliphatic heterocycles. The van der Waals surface area contributed by atoms with Gasteiger partial charge >= 0.3 is 0 Å². The Kier molecular flexibility index (Phi) is 4.82. The summed E-state index contributed by atoms with van der Waals surface area (Å²) < 4.78 is 28.1. The van der Waals surface area contributed by atoms with Crippen LogP contribution in [0.15, 0.2) is 36.4 Å². The third kappa shape index (κ3) is 2.55. The maximum absolute atomic E-state index is 12.1. The van der Waals surface area contributed by atoms with Crippen LogP contribution in [-0.2, 0) is 15.3 Å². The molecule has 2 aromatic carbocycles. The van der Waals surface area contributed by atoms with E-state index in [0.29, 0.717) is 11.3 Å². The molecule has 0 radical (unpaired) electrons. The quantitative estimate of drug-likeness (QED) is 0.494. The second kappa shape index (κ2) is 7.57. The van der Waals surface area contributed by atoms with Crippen molar-refractivity contribution in [3.8, 4) is 35.5 Å². The first-order chi connectivity index (χ1) is 17.2. The summed E-state index contributed by atoms with van der Waals surface area (Å²) in [4.78, 5) is 11.4. The van der Waals surface area contributed by atoms with Crippen LogP contribution in [0.5, 0.6) is 17.2 Å². The summed E-state index contributed by atoms with van der Waals surface area (Å²) in [6.07, 6.45) is -1.68. The summed E-state index contributed by atoms with van der Waals surface area (Å²) in [7, 11) is 1.48. The molecule has 4 atom stereocenters. The monoisotopic (exact) mass is 487 g/mol. The van der Waals surface area contributed by atoms with Crippen LogP contribution in [0.4, 0.5) is 5.69 Å². The predicted octanol–water partition coefficient (Wildman–Crippen LogP) is 3.44. The number of hydrogen-bond acceptors (Lipinski definition) is 11. The molecule has 0 saturated carbocycles. The van der Waals surface area contributed by atoms with E-state index in [9.17, 15) is 25.9 Å². The van der Waals surface area contributed by atoms with Gasteiger partial charge < -0.3 is 23.7 Å².